The molecule has 6 nitrogen and oxygen atoms in total. The standard InChI is InChI=1S/C21H23FN4O2S2/c22-17-5-1-2-7-20(17)30(27,28)26-16-10-8-15(9-11-16)13-24-21-25-19(14-29-21)18-6-3-4-12-23-18/h1-7,12,14-16,26H,8-11,13H2,(H,24,25). The van der Waals surface area contributed by atoms with E-state index in [1.165, 1.54) is 18.2 Å². The van der Waals surface area contributed by atoms with E-state index < -0.39 is 15.8 Å². The van der Waals surface area contributed by atoms with Crippen molar-refractivity contribution in [1.29, 1.82) is 0 Å². The van der Waals surface area contributed by atoms with Gasteiger partial charge in [0.2, 0.25) is 10.0 Å². The molecule has 2 N–H and O–H groups in total. The van der Waals surface area contributed by atoms with E-state index in [-0.39, 0.29) is 10.9 Å². The third-order valence-corrected chi connectivity index (χ3v) is 7.62. The number of hydrogen-bond donors (Lipinski definition) is 2. The maximum absolute atomic E-state index is 13.8. The van der Waals surface area contributed by atoms with E-state index >= 15 is 0 Å². The number of aromatic nitrogens is 2. The van der Waals surface area contributed by atoms with E-state index in [1.807, 2.05) is 23.6 Å². The molecule has 0 radical (unpaired) electrons. The number of thiazole rings is 1. The molecule has 30 heavy (non-hydrogen) atoms. The molecule has 9 heteroatoms. The van der Waals surface area contributed by atoms with Gasteiger partial charge in [0.25, 0.3) is 0 Å². The van der Waals surface area contributed by atoms with Crippen molar-refractivity contribution in [3.05, 3.63) is 59.9 Å². The molecule has 0 amide bonds. The minimum absolute atomic E-state index is 0.165. The number of pyridine rings is 1. The molecule has 1 aliphatic rings. The quantitative estimate of drug-likeness (QED) is 0.566. The molecule has 158 valence electrons. The van der Waals surface area contributed by atoms with Crippen LogP contribution in [0.3, 0.4) is 0 Å². The normalized spacial score (nSPS) is 19.5. The van der Waals surface area contributed by atoms with E-state index in [0.717, 1.165) is 54.8 Å². The van der Waals surface area contributed by atoms with Crippen molar-refractivity contribution in [3.8, 4) is 11.4 Å². The third kappa shape index (κ3) is 5.03. The lowest BCUT2D eigenvalue weighted by molar-refractivity contribution is 0.324. The second-order valence-corrected chi connectivity index (χ2v) is 9.94. The molecule has 1 saturated carbocycles. The average molecular weight is 447 g/mol. The van der Waals surface area contributed by atoms with Crippen LogP contribution in [0.5, 0.6) is 0 Å². The van der Waals surface area contributed by atoms with Gasteiger partial charge in [-0.1, -0.05) is 18.2 Å². The number of halogens is 1. The molecular formula is C21H23FN4O2S2. The Morgan fingerprint density at radius 3 is 2.53 bits per heavy atom. The van der Waals surface area contributed by atoms with Crippen molar-refractivity contribution in [2.24, 2.45) is 5.92 Å². The van der Waals surface area contributed by atoms with Gasteiger partial charge in [-0.25, -0.2) is 22.5 Å². The summed E-state index contributed by atoms with van der Waals surface area (Å²) < 4.78 is 41.4. The largest absolute Gasteiger partial charge is 0.361 e. The Morgan fingerprint density at radius 2 is 1.80 bits per heavy atom. The Balaban J connectivity index is 1.26. The Labute approximate surface area is 179 Å². The van der Waals surface area contributed by atoms with Gasteiger partial charge in [0.05, 0.1) is 5.69 Å². The van der Waals surface area contributed by atoms with Crippen LogP contribution < -0.4 is 10.0 Å². The Hall–Kier alpha value is -2.36. The number of anilines is 1. The minimum atomic E-state index is -3.84. The third-order valence-electron chi connectivity index (χ3n) is 5.27. The SMILES string of the molecule is O=S(=O)(NC1CCC(CNc2nc(-c3ccccn3)cs2)CC1)c1ccccc1F. The van der Waals surface area contributed by atoms with Crippen LogP contribution in [0.2, 0.25) is 0 Å². The Morgan fingerprint density at radius 1 is 1.03 bits per heavy atom. The molecule has 0 aliphatic heterocycles. The fraction of sp³-hybridized carbons (Fsp3) is 0.333. The average Bonchev–Trinajstić information content (AvgIpc) is 3.23. The number of hydrogen-bond acceptors (Lipinski definition) is 6. The summed E-state index contributed by atoms with van der Waals surface area (Å²) in [5.74, 6) is -0.280. The van der Waals surface area contributed by atoms with Crippen LogP contribution in [-0.2, 0) is 10.0 Å². The molecule has 1 aliphatic carbocycles. The van der Waals surface area contributed by atoms with Gasteiger partial charge in [0.1, 0.15) is 16.4 Å². The van der Waals surface area contributed by atoms with E-state index in [1.54, 1.807) is 17.5 Å². The first-order valence-corrected chi connectivity index (χ1v) is 12.3. The van der Waals surface area contributed by atoms with Crippen LogP contribution in [-0.4, -0.2) is 31.0 Å². The minimum Gasteiger partial charge on any atom is -0.361 e. The van der Waals surface area contributed by atoms with E-state index in [2.05, 4.69) is 20.0 Å². The number of nitrogens with zero attached hydrogens (tertiary/aromatic N) is 2. The van der Waals surface area contributed by atoms with Gasteiger partial charge in [-0.15, -0.1) is 11.3 Å². The topological polar surface area (TPSA) is 84.0 Å². The number of sulfonamides is 1. The van der Waals surface area contributed by atoms with Crippen LogP contribution in [0.15, 0.2) is 58.9 Å². The number of rotatable bonds is 7. The van der Waals surface area contributed by atoms with E-state index in [9.17, 15) is 12.8 Å². The lowest BCUT2D eigenvalue weighted by Crippen LogP contribution is -2.38. The summed E-state index contributed by atoms with van der Waals surface area (Å²) >= 11 is 1.55. The maximum atomic E-state index is 13.8. The highest BCUT2D eigenvalue weighted by Gasteiger charge is 2.27. The van der Waals surface area contributed by atoms with Crippen LogP contribution in [0.25, 0.3) is 11.4 Å². The molecule has 0 unspecified atom stereocenters. The first kappa shape index (κ1) is 20.9. The fourth-order valence-corrected chi connectivity index (χ4v) is 5.75. The summed E-state index contributed by atoms with van der Waals surface area (Å²) in [6, 6.07) is 11.0. The number of benzene rings is 1. The monoisotopic (exact) mass is 446 g/mol. The molecule has 3 aromatic rings. The summed E-state index contributed by atoms with van der Waals surface area (Å²) in [6.07, 6.45) is 5.01. The van der Waals surface area contributed by atoms with Gasteiger partial charge >= 0.3 is 0 Å². The van der Waals surface area contributed by atoms with Crippen molar-refractivity contribution < 1.29 is 12.8 Å². The zero-order valence-electron chi connectivity index (χ0n) is 16.3. The zero-order valence-corrected chi connectivity index (χ0v) is 17.9. The summed E-state index contributed by atoms with van der Waals surface area (Å²) in [7, 11) is -3.84. The highest BCUT2D eigenvalue weighted by atomic mass is 32.2. The smallest absolute Gasteiger partial charge is 0.243 e. The molecular weight excluding hydrogens is 423 g/mol. The molecule has 0 spiro atoms. The van der Waals surface area contributed by atoms with Crippen molar-refractivity contribution in [2.75, 3.05) is 11.9 Å². The highest BCUT2D eigenvalue weighted by molar-refractivity contribution is 7.89. The zero-order chi connectivity index (χ0) is 21.0. The second-order valence-electron chi connectivity index (χ2n) is 7.40. The highest BCUT2D eigenvalue weighted by Crippen LogP contribution is 2.28. The Kier molecular flexibility index (Phi) is 6.40. The van der Waals surface area contributed by atoms with Crippen molar-refractivity contribution >= 4 is 26.5 Å². The summed E-state index contributed by atoms with van der Waals surface area (Å²) in [5, 5.41) is 6.24. The van der Waals surface area contributed by atoms with Gasteiger partial charge in [0.15, 0.2) is 5.13 Å². The molecule has 0 saturated heterocycles. The Bertz CT molecular complexity index is 1080. The van der Waals surface area contributed by atoms with Gasteiger partial charge in [-0.2, -0.15) is 0 Å². The lowest BCUT2D eigenvalue weighted by Gasteiger charge is -2.29. The molecule has 0 atom stereocenters. The van der Waals surface area contributed by atoms with Gasteiger partial charge < -0.3 is 5.32 Å². The molecule has 1 aromatic carbocycles. The van der Waals surface area contributed by atoms with Crippen LogP contribution in [0, 0.1) is 11.7 Å². The molecule has 4 rings (SSSR count). The van der Waals surface area contributed by atoms with Crippen molar-refractivity contribution in [1.82, 2.24) is 14.7 Å². The summed E-state index contributed by atoms with van der Waals surface area (Å²) in [6.45, 7) is 0.794. The molecule has 2 heterocycles. The maximum Gasteiger partial charge on any atom is 0.243 e. The number of nitrogens with one attached hydrogen (secondary N) is 2. The van der Waals surface area contributed by atoms with Gasteiger partial charge in [0, 0.05) is 24.2 Å². The van der Waals surface area contributed by atoms with Crippen LogP contribution in [0.1, 0.15) is 25.7 Å². The summed E-state index contributed by atoms with van der Waals surface area (Å²) in [5.41, 5.74) is 1.71. The van der Waals surface area contributed by atoms with Crippen LogP contribution in [0.4, 0.5) is 9.52 Å². The first-order valence-electron chi connectivity index (χ1n) is 9.89. The molecule has 1 fully saturated rings. The molecule has 0 bridgehead atoms. The predicted molar refractivity (Wildman–Crippen MR) is 116 cm³/mol. The summed E-state index contributed by atoms with van der Waals surface area (Å²) in [4.78, 5) is 8.61. The lowest BCUT2D eigenvalue weighted by atomic mass is 9.86. The van der Waals surface area contributed by atoms with E-state index in [0.29, 0.717) is 5.92 Å². The van der Waals surface area contributed by atoms with E-state index in [4.69, 9.17) is 0 Å². The van der Waals surface area contributed by atoms with Crippen molar-refractivity contribution in [3.63, 3.8) is 0 Å². The van der Waals surface area contributed by atoms with Crippen molar-refractivity contribution in [2.45, 2.75) is 36.6 Å². The predicted octanol–water partition coefficient (Wildman–Crippen LogP) is 4.29. The van der Waals surface area contributed by atoms with Gasteiger partial charge in [-0.3, -0.25) is 4.98 Å². The fourth-order valence-electron chi connectivity index (χ4n) is 3.65. The van der Waals surface area contributed by atoms with Gasteiger partial charge in [-0.05, 0) is 55.9 Å². The molecule has 2 aromatic heterocycles. The second kappa shape index (κ2) is 9.20. The first-order chi connectivity index (χ1) is 14.5. The van der Waals surface area contributed by atoms with Crippen LogP contribution >= 0.6 is 11.3 Å².